The summed E-state index contributed by atoms with van der Waals surface area (Å²) in [7, 11) is 0. The zero-order chi connectivity index (χ0) is 16.1. The van der Waals surface area contributed by atoms with Gasteiger partial charge in [0.1, 0.15) is 0 Å². The summed E-state index contributed by atoms with van der Waals surface area (Å²) in [5.74, 6) is 1.11. The summed E-state index contributed by atoms with van der Waals surface area (Å²) < 4.78 is 1.05. The van der Waals surface area contributed by atoms with Crippen LogP contribution in [0.4, 0.5) is 0 Å². The van der Waals surface area contributed by atoms with Gasteiger partial charge in [0.25, 0.3) is 0 Å². The molecule has 1 saturated heterocycles. The molecule has 122 valence electrons. The van der Waals surface area contributed by atoms with Crippen LogP contribution in [-0.4, -0.2) is 34.6 Å². The van der Waals surface area contributed by atoms with Gasteiger partial charge < -0.3 is 4.90 Å². The Morgan fingerprint density at radius 3 is 2.70 bits per heavy atom. The van der Waals surface area contributed by atoms with Gasteiger partial charge in [-0.15, -0.1) is 11.3 Å². The number of rotatable bonds is 5. The number of aromatic nitrogens is 1. The van der Waals surface area contributed by atoms with Gasteiger partial charge in [-0.25, -0.2) is 4.98 Å². The first-order valence-electron chi connectivity index (χ1n) is 8.15. The number of likely N-dealkylation sites (tertiary alicyclic amines) is 1. The predicted octanol–water partition coefficient (Wildman–Crippen LogP) is 4.61. The van der Waals surface area contributed by atoms with Crippen LogP contribution in [0, 0.1) is 6.92 Å². The number of piperidine rings is 1. The van der Waals surface area contributed by atoms with E-state index in [1.165, 1.54) is 12.0 Å². The van der Waals surface area contributed by atoms with Crippen LogP contribution in [0.1, 0.15) is 31.2 Å². The third-order valence-corrected chi connectivity index (χ3v) is 6.10. The molecule has 2 heterocycles. The number of nitrogens with zero attached hydrogens (tertiary/aromatic N) is 2. The number of thiazole rings is 1. The Morgan fingerprint density at radius 1 is 1.22 bits per heavy atom. The van der Waals surface area contributed by atoms with E-state index in [1.54, 1.807) is 23.1 Å². The van der Waals surface area contributed by atoms with Gasteiger partial charge in [-0.05, 0) is 26.2 Å². The first-order valence-corrected chi connectivity index (χ1v) is 10.0. The molecule has 1 aromatic heterocycles. The zero-order valence-electron chi connectivity index (χ0n) is 13.5. The smallest absolute Gasteiger partial charge is 0.223 e. The molecule has 5 heteroatoms. The molecule has 2 aromatic rings. The molecule has 3 rings (SSSR count). The average molecular weight is 347 g/mol. The second-order valence-corrected chi connectivity index (χ2v) is 8.10. The Hall–Kier alpha value is -1.33. The summed E-state index contributed by atoms with van der Waals surface area (Å²) in [5.41, 5.74) is 3.44. The van der Waals surface area contributed by atoms with Crippen molar-refractivity contribution in [1.82, 2.24) is 9.88 Å². The van der Waals surface area contributed by atoms with Crippen molar-refractivity contribution in [3.63, 3.8) is 0 Å². The highest BCUT2D eigenvalue weighted by atomic mass is 32.2. The first kappa shape index (κ1) is 16.5. The molecule has 0 bridgehead atoms. The van der Waals surface area contributed by atoms with Crippen LogP contribution in [0.3, 0.4) is 0 Å². The highest BCUT2D eigenvalue weighted by Gasteiger charge is 2.16. The Morgan fingerprint density at radius 2 is 1.96 bits per heavy atom. The van der Waals surface area contributed by atoms with Crippen molar-refractivity contribution in [2.24, 2.45) is 0 Å². The summed E-state index contributed by atoms with van der Waals surface area (Å²) in [6, 6.07) is 8.44. The number of hydrogen-bond donors (Lipinski definition) is 0. The zero-order valence-corrected chi connectivity index (χ0v) is 15.1. The van der Waals surface area contributed by atoms with Gasteiger partial charge in [-0.3, -0.25) is 4.79 Å². The minimum atomic E-state index is 0.299. The minimum Gasteiger partial charge on any atom is -0.343 e. The number of benzene rings is 1. The molecule has 3 nitrogen and oxygen atoms in total. The van der Waals surface area contributed by atoms with E-state index in [-0.39, 0.29) is 0 Å². The Labute approximate surface area is 146 Å². The van der Waals surface area contributed by atoms with Crippen molar-refractivity contribution in [3.8, 4) is 11.3 Å². The average Bonchev–Trinajstić information content (AvgIpc) is 3.05. The van der Waals surface area contributed by atoms with Gasteiger partial charge in [0.2, 0.25) is 5.91 Å². The Kier molecular flexibility index (Phi) is 5.73. The van der Waals surface area contributed by atoms with Crippen LogP contribution in [0.15, 0.2) is 34.0 Å². The topological polar surface area (TPSA) is 33.2 Å². The molecule has 0 N–H and O–H groups in total. The van der Waals surface area contributed by atoms with E-state index in [0.29, 0.717) is 12.3 Å². The molecule has 0 radical (unpaired) electrons. The maximum atomic E-state index is 12.1. The van der Waals surface area contributed by atoms with Crippen molar-refractivity contribution >= 4 is 29.0 Å². The molecule has 1 fully saturated rings. The maximum absolute atomic E-state index is 12.1. The fourth-order valence-electron chi connectivity index (χ4n) is 2.71. The molecule has 0 saturated carbocycles. The number of carbonyl (C=O) groups is 1. The SMILES string of the molecule is Cc1ccc(-c2csc(SCCC(=O)N3CCCCC3)n2)cc1. The molecular weight excluding hydrogens is 324 g/mol. The van der Waals surface area contributed by atoms with Crippen molar-refractivity contribution in [2.75, 3.05) is 18.8 Å². The number of aryl methyl sites for hydroxylation is 1. The van der Waals surface area contributed by atoms with E-state index in [1.807, 2.05) is 4.90 Å². The minimum absolute atomic E-state index is 0.299. The predicted molar refractivity (Wildman–Crippen MR) is 98.1 cm³/mol. The molecule has 0 aliphatic carbocycles. The van der Waals surface area contributed by atoms with Gasteiger partial charge in [0.05, 0.1) is 5.69 Å². The normalized spacial score (nSPS) is 14.9. The van der Waals surface area contributed by atoms with E-state index < -0.39 is 0 Å². The van der Waals surface area contributed by atoms with Crippen molar-refractivity contribution in [3.05, 3.63) is 35.2 Å². The van der Waals surface area contributed by atoms with E-state index in [4.69, 9.17) is 0 Å². The molecule has 0 atom stereocenters. The van der Waals surface area contributed by atoms with E-state index in [9.17, 15) is 4.79 Å². The van der Waals surface area contributed by atoms with Crippen molar-refractivity contribution in [1.29, 1.82) is 0 Å². The molecule has 1 aliphatic heterocycles. The second-order valence-electron chi connectivity index (χ2n) is 5.90. The van der Waals surface area contributed by atoms with Gasteiger partial charge >= 0.3 is 0 Å². The van der Waals surface area contributed by atoms with Gasteiger partial charge in [-0.2, -0.15) is 0 Å². The highest BCUT2D eigenvalue weighted by molar-refractivity contribution is 8.01. The van der Waals surface area contributed by atoms with Crippen LogP contribution in [0.2, 0.25) is 0 Å². The largest absolute Gasteiger partial charge is 0.343 e. The summed E-state index contributed by atoms with van der Waals surface area (Å²) in [6.45, 7) is 3.97. The Balaban J connectivity index is 1.49. The van der Waals surface area contributed by atoms with Gasteiger partial charge in [0.15, 0.2) is 4.34 Å². The molecule has 1 amide bonds. The van der Waals surface area contributed by atoms with Crippen LogP contribution in [-0.2, 0) is 4.79 Å². The molecule has 1 aliphatic rings. The monoisotopic (exact) mass is 346 g/mol. The van der Waals surface area contributed by atoms with E-state index >= 15 is 0 Å². The van der Waals surface area contributed by atoms with Crippen LogP contribution in [0.25, 0.3) is 11.3 Å². The lowest BCUT2D eigenvalue weighted by Crippen LogP contribution is -2.35. The summed E-state index contributed by atoms with van der Waals surface area (Å²) in [5, 5.41) is 2.10. The molecule has 23 heavy (non-hydrogen) atoms. The third kappa shape index (κ3) is 4.58. The van der Waals surface area contributed by atoms with Crippen molar-refractivity contribution < 1.29 is 4.79 Å². The fraction of sp³-hybridized carbons (Fsp3) is 0.444. The Bertz CT molecular complexity index is 645. The molecule has 0 unspecified atom stereocenters. The standard InChI is InChI=1S/C18H22N2OS2/c1-14-5-7-15(8-6-14)16-13-23-18(19-16)22-12-9-17(21)20-10-3-2-4-11-20/h5-8,13H,2-4,9-12H2,1H3. The maximum Gasteiger partial charge on any atom is 0.223 e. The first-order chi connectivity index (χ1) is 11.2. The molecular formula is C18H22N2OS2. The van der Waals surface area contributed by atoms with Crippen LogP contribution < -0.4 is 0 Å². The van der Waals surface area contributed by atoms with Gasteiger partial charge in [0, 0.05) is 36.2 Å². The van der Waals surface area contributed by atoms with Crippen LogP contribution >= 0.6 is 23.1 Å². The second kappa shape index (κ2) is 7.97. The lowest BCUT2D eigenvalue weighted by atomic mass is 10.1. The quantitative estimate of drug-likeness (QED) is 0.741. The van der Waals surface area contributed by atoms with E-state index in [2.05, 4.69) is 41.6 Å². The third-order valence-electron chi connectivity index (χ3n) is 4.08. The number of carbonyl (C=O) groups excluding carboxylic acids is 1. The number of amides is 1. The summed E-state index contributed by atoms with van der Waals surface area (Å²) in [6.07, 6.45) is 4.19. The van der Waals surface area contributed by atoms with Crippen molar-refractivity contribution in [2.45, 2.75) is 36.9 Å². The fourth-order valence-corrected chi connectivity index (χ4v) is 4.54. The highest BCUT2D eigenvalue weighted by Crippen LogP contribution is 2.29. The lowest BCUT2D eigenvalue weighted by molar-refractivity contribution is -0.131. The lowest BCUT2D eigenvalue weighted by Gasteiger charge is -2.26. The summed E-state index contributed by atoms with van der Waals surface area (Å²) in [4.78, 5) is 18.8. The molecule has 1 aromatic carbocycles. The van der Waals surface area contributed by atoms with Gasteiger partial charge in [-0.1, -0.05) is 41.6 Å². The van der Waals surface area contributed by atoms with E-state index in [0.717, 1.165) is 47.3 Å². The summed E-state index contributed by atoms with van der Waals surface area (Å²) >= 11 is 3.35. The number of thioether (sulfide) groups is 1. The molecule has 0 spiro atoms. The number of hydrogen-bond acceptors (Lipinski definition) is 4. The van der Waals surface area contributed by atoms with Crippen LogP contribution in [0.5, 0.6) is 0 Å².